The number of aromatic hydroxyl groups is 1. The summed E-state index contributed by atoms with van der Waals surface area (Å²) in [5.41, 5.74) is 7.38. The van der Waals surface area contributed by atoms with Crippen molar-refractivity contribution in [3.05, 3.63) is 219 Å². The maximum absolute atomic E-state index is 14.7. The lowest BCUT2D eigenvalue weighted by molar-refractivity contribution is -0.143. The smallest absolute Gasteiger partial charge is 0.508 e. The number of hydrogen-bond donors (Lipinski definition) is 19. The van der Waals surface area contributed by atoms with Crippen LogP contribution in [0.4, 0.5) is 11.6 Å². The molecule has 4 amide bonds. The van der Waals surface area contributed by atoms with Crippen LogP contribution in [0.5, 0.6) is 11.5 Å². The molecule has 0 bridgehead atoms. The molecule has 21 N–H and O–H groups in total. The molecular weight excluding hydrogens is 2100 g/mol. The summed E-state index contributed by atoms with van der Waals surface area (Å²) in [5, 5.41) is 65.1. The van der Waals surface area contributed by atoms with E-state index in [2.05, 4.69) is 66.1 Å². The van der Waals surface area contributed by atoms with Crippen LogP contribution in [0, 0.1) is 26.7 Å². The maximum Gasteiger partial charge on any atom is 0.527 e. The summed E-state index contributed by atoms with van der Waals surface area (Å²) >= 11 is 0. The molecule has 5 fully saturated rings. The molecule has 3 aromatic carbocycles. The maximum atomic E-state index is 14.7. The second-order valence-electron chi connectivity index (χ2n) is 35.6. The van der Waals surface area contributed by atoms with E-state index in [1.165, 1.54) is 64.1 Å². The fraction of sp³-hybridized carbons (Fsp3) is 0.464. The number of aryl methyl sites for hydroxylation is 3. The number of ether oxygens (including phenoxy) is 5. The zero-order chi connectivity index (χ0) is 108. The van der Waals surface area contributed by atoms with Gasteiger partial charge in [-0.3, -0.25) is 117 Å². The first-order valence-corrected chi connectivity index (χ1v) is 53.1. The van der Waals surface area contributed by atoms with E-state index in [9.17, 15) is 126 Å². The van der Waals surface area contributed by atoms with Gasteiger partial charge >= 0.3 is 62.2 Å². The SMILES string of the molecule is Cc1cn([C@H]2C[C@H](OP(=O)(O)OC[C@H]3O[C@@H](n4cnc5c(N)ncnc54)[C@H](O)[C@@H]3OP(=O)(O)OC[C@H]3O[C@@H](n4cc(C)c(=O)[nH]c4=O)C[C@@H]3OP(=O)(O)OC[C@H]3O[C@@H](n4cnc5c(N)ncnc54)[C@H](O)[C@@H]3OP(=O)(O)OC[C@H]3O[C@@H](n4cc(C)c(=O)[nH]c4=O)C[C@@H]3O)[C@@H](COP(=O)(O)Oc3ccc(C[C@H](NC(=O)Cc4ccccc4)C(=O)N[C@@H](C)C(=O)N[C@@H](Cc4ccc(O)cc4)C(=O)N[C@H](C(=O)O)C(C)C)cc3)O2)c(=O)[nH]c1=O. The van der Waals surface area contributed by atoms with Crippen LogP contribution < -0.4 is 71.0 Å². The number of phenols is 1. The molecule has 61 nitrogen and oxygen atoms in total. The molecule has 0 aliphatic carbocycles. The molecule has 0 saturated carbocycles. The highest BCUT2D eigenvalue weighted by Crippen LogP contribution is 2.56. The molecular formula is C84H103N20O41P5. The van der Waals surface area contributed by atoms with Crippen molar-refractivity contribution in [2.24, 2.45) is 5.92 Å². The second-order valence-corrected chi connectivity index (χ2v) is 42.6. The number of carboxylic acid groups (broad SMARTS) is 1. The Morgan fingerprint density at radius 2 is 0.853 bits per heavy atom. The minimum atomic E-state index is -5.90. The number of phenolic OH excluding ortho intramolecular Hbond substituents is 1. The number of carbonyl (C=O) groups is 5. The van der Waals surface area contributed by atoms with Crippen LogP contribution in [0.3, 0.4) is 0 Å². The normalized spacial score (nSPS) is 25.7. The average molecular weight is 2200 g/mol. The Morgan fingerprint density at radius 1 is 0.460 bits per heavy atom. The third-order valence-corrected chi connectivity index (χ3v) is 29.3. The topological polar surface area (TPSA) is 863 Å². The summed E-state index contributed by atoms with van der Waals surface area (Å²) < 4.78 is 161. The summed E-state index contributed by atoms with van der Waals surface area (Å²) in [6.45, 7) is 2.47. The number of carbonyl (C=O) groups excluding carboxylic acids is 4. The number of nitrogens with two attached hydrogens (primary N) is 2. The molecule has 5 aliphatic heterocycles. The number of aliphatic hydroxyl groups is 3. The zero-order valence-electron chi connectivity index (χ0n) is 79.5. The predicted octanol–water partition coefficient (Wildman–Crippen LogP) is -1.22. The number of nitrogens with one attached hydrogen (secondary N) is 7. The van der Waals surface area contributed by atoms with Gasteiger partial charge in [-0.15, -0.1) is 0 Å². The van der Waals surface area contributed by atoms with Crippen molar-refractivity contribution in [2.75, 3.05) is 44.5 Å². The molecule has 5 saturated heterocycles. The number of fused-ring (bicyclic) bond motifs is 2. The van der Waals surface area contributed by atoms with E-state index in [1.807, 2.05) is 0 Å². The Balaban J connectivity index is 0.623. The quantitative estimate of drug-likeness (QED) is 0.0199. The number of carboxylic acids is 1. The van der Waals surface area contributed by atoms with Gasteiger partial charge in [0.15, 0.2) is 35.4 Å². The first kappa shape index (κ1) is 112. The summed E-state index contributed by atoms with van der Waals surface area (Å²) in [5.74, 6) is -6.18. The Morgan fingerprint density at radius 3 is 1.29 bits per heavy atom. The number of aliphatic carboxylic acids is 1. The van der Waals surface area contributed by atoms with Crippen LogP contribution in [-0.4, -0.2) is 278 Å². The minimum Gasteiger partial charge on any atom is -0.508 e. The molecule has 7 aromatic heterocycles. The molecule has 15 rings (SSSR count). The molecule has 66 heteroatoms. The van der Waals surface area contributed by atoms with E-state index in [0.717, 1.165) is 78.9 Å². The Bertz CT molecular complexity index is 7300. The first-order valence-electron chi connectivity index (χ1n) is 45.6. The van der Waals surface area contributed by atoms with E-state index < -0.39 is 283 Å². The van der Waals surface area contributed by atoms with E-state index in [-0.39, 0.29) is 93.4 Å². The minimum absolute atomic E-state index is 0.0352. The summed E-state index contributed by atoms with van der Waals surface area (Å²) in [6, 6.07) is 13.2. The number of benzene rings is 3. The van der Waals surface area contributed by atoms with Crippen LogP contribution in [0.15, 0.2) is 152 Å². The van der Waals surface area contributed by atoms with E-state index in [0.29, 0.717) is 11.1 Å². The lowest BCUT2D eigenvalue weighted by atomic mass is 10.0. The number of amides is 4. The summed E-state index contributed by atoms with van der Waals surface area (Å²) in [4.78, 5) is 233. The van der Waals surface area contributed by atoms with Gasteiger partial charge in [-0.2, -0.15) is 0 Å². The van der Waals surface area contributed by atoms with Crippen molar-refractivity contribution in [1.29, 1.82) is 0 Å². The van der Waals surface area contributed by atoms with Crippen molar-refractivity contribution >= 4 is 103 Å². The van der Waals surface area contributed by atoms with Crippen LogP contribution in [0.2, 0.25) is 0 Å². The van der Waals surface area contributed by atoms with Crippen molar-refractivity contribution in [1.82, 2.24) is 89.0 Å². The van der Waals surface area contributed by atoms with Gasteiger partial charge in [0.1, 0.15) is 145 Å². The number of hydrogen-bond acceptors (Lipinski definition) is 43. The van der Waals surface area contributed by atoms with Gasteiger partial charge < -0.3 is 106 Å². The zero-order valence-corrected chi connectivity index (χ0v) is 83.9. The Kier molecular flexibility index (Phi) is 34.6. The fourth-order valence-electron chi connectivity index (χ4n) is 16.7. The van der Waals surface area contributed by atoms with Crippen LogP contribution in [-0.2, 0) is 130 Å². The molecule has 0 radical (unpaired) electrons. The molecule has 810 valence electrons. The number of H-pyrrole nitrogens is 3. The van der Waals surface area contributed by atoms with Gasteiger partial charge in [0.2, 0.25) is 23.6 Å². The summed E-state index contributed by atoms with van der Waals surface area (Å²) in [7, 11) is -28.4. The van der Waals surface area contributed by atoms with E-state index >= 15 is 0 Å². The largest absolute Gasteiger partial charge is 0.527 e. The lowest BCUT2D eigenvalue weighted by Gasteiger charge is -2.26. The lowest BCUT2D eigenvalue weighted by Crippen LogP contribution is -2.58. The van der Waals surface area contributed by atoms with Gasteiger partial charge in [0.25, 0.3) is 16.7 Å². The predicted molar refractivity (Wildman–Crippen MR) is 506 cm³/mol. The summed E-state index contributed by atoms with van der Waals surface area (Å²) in [6.07, 6.45) is -26.3. The van der Waals surface area contributed by atoms with Crippen molar-refractivity contribution in [3.63, 3.8) is 0 Å². The van der Waals surface area contributed by atoms with E-state index in [4.69, 9.17) is 80.4 Å². The monoisotopic (exact) mass is 2200 g/mol. The van der Waals surface area contributed by atoms with Gasteiger partial charge in [-0.25, -0.2) is 71.9 Å². The highest BCUT2D eigenvalue weighted by Gasteiger charge is 2.55. The average Bonchev–Trinajstić information content (AvgIpc) is 1.61. The van der Waals surface area contributed by atoms with Crippen molar-refractivity contribution in [2.45, 2.75) is 209 Å². The molecule has 150 heavy (non-hydrogen) atoms. The number of nitrogens with zero attached hydrogens (tertiary/aromatic N) is 11. The second kappa shape index (κ2) is 46.4. The number of aromatic nitrogens is 14. The molecule has 10 aromatic rings. The number of aliphatic hydroxyl groups excluding tert-OH is 3. The number of imidazole rings is 2. The van der Waals surface area contributed by atoms with Gasteiger partial charge in [0.05, 0.1) is 58.2 Å². The number of rotatable bonds is 45. The number of phosphoric ester groups is 5. The highest BCUT2D eigenvalue weighted by atomic mass is 31.2. The first-order chi connectivity index (χ1) is 70.8. The van der Waals surface area contributed by atoms with Gasteiger partial charge in [-0.05, 0) is 74.6 Å². The third-order valence-electron chi connectivity index (χ3n) is 24.4. The number of phosphoric acid groups is 5. The third kappa shape index (κ3) is 27.2. The van der Waals surface area contributed by atoms with E-state index in [1.54, 1.807) is 44.2 Å². The van der Waals surface area contributed by atoms with Crippen LogP contribution in [0.1, 0.15) is 105 Å². The Hall–Kier alpha value is -12.4. The molecule has 26 atom stereocenters. The molecule has 12 heterocycles. The van der Waals surface area contributed by atoms with Gasteiger partial charge in [0, 0.05) is 67.4 Å². The molecule has 0 spiro atoms. The standard InChI is InChI=1S/C84H103N20O41P5/c1-38(2)62(81(116)117)96-78(115)49(21-44-12-16-46(105)17-13-44)95-76(113)42(6)93-77(114)48(94-58(107)22-43-10-8-7-9-11-43)20-45-14-18-47(19-15-45)141-146(121,122)132-30-54-51(24-60(137-54)101-27-40(4)74(111)98-83(101)119)142-147(123,124)135-33-57-68(66(109)80(140-57)104-37-92-64-70(86)88-35-90-72(64)104)145-150(129,130)133-31-55-52(25-61(138-55)102-28-41(5)75(112)99-84(102)120)143-148(125,126)134-32-56-67(65(108)79(139-56)103-36-91-63-69(85)87-34-89-71(63)103)144-149(127,128)131-29-53-50(106)23-59(136-53)100-26-39(3)73(110)97-82(100)118/h7-19,26-28,34-38,42,48-57,59-62,65-68,79-80,105-106,108-109H,20-25,29-33H2,1-6H3,(H,93,114)(H,94,107)(H,95,113)(H,96,115)(H,116,117)(H,121,122)(H,123,124)(H,125,126)(H,127,128)(H,129,130)(H2,85,87,89)(H2,86,88,90)(H,97,110,118)(H,98,111,119)(H,99,112,120)/t42-,48-,49-,50-,51-,52-,53+,54+,55+,56+,57+,59+,60+,61+,62-,65+,66+,67+,68+,79+,80+/m0/s1. The number of nitrogen functional groups attached to an aromatic ring is 2. The molecule has 5 unspecified atom stereocenters. The number of anilines is 2. The number of aromatic amines is 3. The van der Waals surface area contributed by atoms with Crippen molar-refractivity contribution in [3.8, 4) is 11.5 Å². The molecule has 5 aliphatic rings. The van der Waals surface area contributed by atoms with Crippen molar-refractivity contribution < 1.29 is 166 Å². The fourth-order valence-corrected chi connectivity index (χ4v) is 21.3. The van der Waals surface area contributed by atoms with Crippen LogP contribution in [0.25, 0.3) is 22.3 Å². The highest BCUT2D eigenvalue weighted by molar-refractivity contribution is 7.48. The van der Waals surface area contributed by atoms with Gasteiger partial charge in [-0.1, -0.05) is 68.4 Å². The van der Waals surface area contributed by atoms with Crippen LogP contribution >= 0.6 is 39.1 Å². The Labute approximate surface area is 842 Å².